The molecule has 1 aromatic heterocycles. The number of aliphatic imine (C=N–C) groups is 2. The monoisotopic (exact) mass is 455 g/mol. The SMILES string of the molecule is C=Nc1c(/N=C\C)cc(N2CCOCC2)cc1O[C@H]1CC[C@@H](NC(=O)c2ccns2)CC1. The summed E-state index contributed by atoms with van der Waals surface area (Å²) in [5.74, 6) is 0.664. The fourth-order valence-electron chi connectivity index (χ4n) is 4.16. The van der Waals surface area contributed by atoms with Crippen LogP contribution in [-0.4, -0.2) is 61.7 Å². The number of nitrogens with one attached hydrogen (secondary N) is 1. The Labute approximate surface area is 192 Å². The number of hydrogen-bond donors (Lipinski definition) is 1. The maximum atomic E-state index is 12.3. The molecule has 2 fully saturated rings. The summed E-state index contributed by atoms with van der Waals surface area (Å²) in [6.07, 6.45) is 6.93. The molecule has 1 saturated heterocycles. The predicted octanol–water partition coefficient (Wildman–Crippen LogP) is 4.15. The van der Waals surface area contributed by atoms with Gasteiger partial charge >= 0.3 is 0 Å². The first-order chi connectivity index (χ1) is 15.7. The van der Waals surface area contributed by atoms with Crippen molar-refractivity contribution < 1.29 is 14.3 Å². The van der Waals surface area contributed by atoms with Crippen LogP contribution < -0.4 is 15.0 Å². The third-order valence-electron chi connectivity index (χ3n) is 5.81. The van der Waals surface area contributed by atoms with E-state index >= 15 is 0 Å². The Morgan fingerprint density at radius 2 is 2.09 bits per heavy atom. The summed E-state index contributed by atoms with van der Waals surface area (Å²) >= 11 is 1.22. The van der Waals surface area contributed by atoms with Gasteiger partial charge in [0.2, 0.25) is 0 Å². The maximum Gasteiger partial charge on any atom is 0.263 e. The summed E-state index contributed by atoms with van der Waals surface area (Å²) < 4.78 is 15.9. The molecule has 2 aromatic rings. The van der Waals surface area contributed by atoms with Gasteiger partial charge in [-0.25, -0.2) is 4.37 Å². The van der Waals surface area contributed by atoms with Gasteiger partial charge in [0, 0.05) is 43.3 Å². The second-order valence-corrected chi connectivity index (χ2v) is 8.73. The van der Waals surface area contributed by atoms with E-state index in [2.05, 4.69) is 31.3 Å². The van der Waals surface area contributed by atoms with E-state index in [0.717, 1.165) is 50.1 Å². The summed E-state index contributed by atoms with van der Waals surface area (Å²) in [5, 5.41) is 3.12. The number of ether oxygens (including phenoxy) is 2. The van der Waals surface area contributed by atoms with Crippen molar-refractivity contribution >= 4 is 47.4 Å². The van der Waals surface area contributed by atoms with Gasteiger partial charge in [-0.3, -0.25) is 14.8 Å². The number of benzene rings is 1. The minimum Gasteiger partial charge on any atom is -0.488 e. The molecule has 170 valence electrons. The number of nitrogens with zero attached hydrogens (tertiary/aromatic N) is 4. The molecule has 0 spiro atoms. The molecule has 0 atom stereocenters. The molecule has 1 saturated carbocycles. The number of amides is 1. The molecule has 2 heterocycles. The lowest BCUT2D eigenvalue weighted by Gasteiger charge is -2.32. The van der Waals surface area contributed by atoms with Gasteiger partial charge in [-0.2, -0.15) is 0 Å². The maximum absolute atomic E-state index is 12.3. The second kappa shape index (κ2) is 10.7. The standard InChI is InChI=1S/C23H29N5O3S/c1-3-25-19-14-17(28-10-12-30-13-11-28)15-20(22(19)24-2)31-18-6-4-16(5-7-18)27-23(29)21-8-9-26-32-21/h3,8-9,14-16,18H,2,4-7,10-13H2,1H3,(H,27,29)/b25-3-/t16-,18+. The van der Waals surface area contributed by atoms with E-state index in [9.17, 15) is 4.79 Å². The number of anilines is 1. The molecule has 4 rings (SSSR count). The zero-order valence-corrected chi connectivity index (χ0v) is 19.1. The average Bonchev–Trinajstić information content (AvgIpc) is 3.36. The summed E-state index contributed by atoms with van der Waals surface area (Å²) in [5.41, 5.74) is 2.48. The zero-order valence-electron chi connectivity index (χ0n) is 18.3. The molecule has 32 heavy (non-hydrogen) atoms. The van der Waals surface area contributed by atoms with Crippen LogP contribution in [0.1, 0.15) is 42.3 Å². The van der Waals surface area contributed by atoms with Crippen molar-refractivity contribution in [2.45, 2.75) is 44.8 Å². The Kier molecular flexibility index (Phi) is 7.49. The number of rotatable bonds is 7. The first-order valence-electron chi connectivity index (χ1n) is 11.0. The number of morpholine rings is 1. The van der Waals surface area contributed by atoms with E-state index in [1.807, 2.05) is 19.1 Å². The van der Waals surface area contributed by atoms with Gasteiger partial charge in [-0.05, 0) is 63.0 Å². The van der Waals surface area contributed by atoms with Crippen LogP contribution in [0.2, 0.25) is 0 Å². The molecule has 0 unspecified atom stereocenters. The first-order valence-corrected chi connectivity index (χ1v) is 11.8. The van der Waals surface area contributed by atoms with Gasteiger partial charge in [-0.1, -0.05) is 0 Å². The summed E-state index contributed by atoms with van der Waals surface area (Å²) in [6, 6.07) is 5.98. The van der Waals surface area contributed by atoms with E-state index in [1.54, 1.807) is 18.5 Å². The molecule has 1 aliphatic carbocycles. The van der Waals surface area contributed by atoms with Gasteiger partial charge in [0.05, 0.1) is 25.0 Å². The van der Waals surface area contributed by atoms with Crippen LogP contribution in [0.25, 0.3) is 0 Å². The zero-order chi connectivity index (χ0) is 22.3. The fraction of sp³-hybridized carbons (Fsp3) is 0.478. The Morgan fingerprint density at radius 1 is 1.31 bits per heavy atom. The molecule has 1 amide bonds. The van der Waals surface area contributed by atoms with Gasteiger partial charge in [0.1, 0.15) is 16.3 Å². The highest BCUT2D eigenvalue weighted by molar-refractivity contribution is 7.08. The largest absolute Gasteiger partial charge is 0.488 e. The molecule has 1 aliphatic heterocycles. The van der Waals surface area contributed by atoms with Crippen molar-refractivity contribution in [1.82, 2.24) is 9.69 Å². The molecule has 0 radical (unpaired) electrons. The number of hydrogen-bond acceptors (Lipinski definition) is 8. The fourth-order valence-corrected chi connectivity index (χ4v) is 4.66. The number of carbonyl (C=O) groups is 1. The quantitative estimate of drug-likeness (QED) is 0.634. The van der Waals surface area contributed by atoms with E-state index in [1.165, 1.54) is 11.5 Å². The predicted molar refractivity (Wildman–Crippen MR) is 129 cm³/mol. The number of carbonyl (C=O) groups excluding carboxylic acids is 1. The Hall–Kier alpha value is -2.78. The van der Waals surface area contributed by atoms with E-state index < -0.39 is 0 Å². The van der Waals surface area contributed by atoms with Crippen LogP contribution in [0, 0.1) is 0 Å². The topological polar surface area (TPSA) is 88.4 Å². The van der Waals surface area contributed by atoms with Crippen molar-refractivity contribution in [2.75, 3.05) is 31.2 Å². The summed E-state index contributed by atoms with van der Waals surface area (Å²) in [7, 11) is 0. The third kappa shape index (κ3) is 5.34. The molecule has 9 heteroatoms. The van der Waals surface area contributed by atoms with Gasteiger partial charge in [0.15, 0.2) is 0 Å². The summed E-state index contributed by atoms with van der Waals surface area (Å²) in [4.78, 5) is 24.0. The lowest BCUT2D eigenvalue weighted by molar-refractivity contribution is 0.0898. The lowest BCUT2D eigenvalue weighted by Crippen LogP contribution is -2.39. The molecule has 1 N–H and O–H groups in total. The van der Waals surface area contributed by atoms with Gasteiger partial charge in [-0.15, -0.1) is 0 Å². The van der Waals surface area contributed by atoms with Crippen LogP contribution >= 0.6 is 11.5 Å². The molecule has 0 bridgehead atoms. The Balaban J connectivity index is 1.44. The van der Waals surface area contributed by atoms with Crippen molar-refractivity contribution in [3.8, 4) is 5.75 Å². The van der Waals surface area contributed by atoms with Crippen molar-refractivity contribution in [3.63, 3.8) is 0 Å². The highest BCUT2D eigenvalue weighted by Gasteiger charge is 2.26. The minimum absolute atomic E-state index is 0.0460. The Bertz CT molecular complexity index is 949. The third-order valence-corrected chi connectivity index (χ3v) is 6.55. The van der Waals surface area contributed by atoms with Crippen LogP contribution in [0.15, 0.2) is 34.4 Å². The second-order valence-electron chi connectivity index (χ2n) is 7.90. The molecular weight excluding hydrogens is 426 g/mol. The average molecular weight is 456 g/mol. The molecule has 1 aromatic carbocycles. The van der Waals surface area contributed by atoms with Crippen LogP contribution in [0.3, 0.4) is 0 Å². The smallest absolute Gasteiger partial charge is 0.263 e. The van der Waals surface area contributed by atoms with Gasteiger partial charge < -0.3 is 19.7 Å². The van der Waals surface area contributed by atoms with Crippen molar-refractivity contribution in [1.29, 1.82) is 0 Å². The van der Waals surface area contributed by atoms with E-state index in [4.69, 9.17) is 9.47 Å². The van der Waals surface area contributed by atoms with E-state index in [0.29, 0.717) is 29.5 Å². The molecule has 2 aliphatic rings. The van der Waals surface area contributed by atoms with E-state index in [-0.39, 0.29) is 18.1 Å². The Morgan fingerprint density at radius 3 is 2.75 bits per heavy atom. The summed E-state index contributed by atoms with van der Waals surface area (Å²) in [6.45, 7) is 8.72. The highest BCUT2D eigenvalue weighted by atomic mass is 32.1. The molecular formula is C23H29N5O3S. The van der Waals surface area contributed by atoms with Crippen molar-refractivity contribution in [3.05, 3.63) is 29.3 Å². The lowest BCUT2D eigenvalue weighted by atomic mass is 9.93. The van der Waals surface area contributed by atoms with Gasteiger partial charge in [0.25, 0.3) is 5.91 Å². The first kappa shape index (κ1) is 22.4. The van der Waals surface area contributed by atoms with Crippen molar-refractivity contribution in [2.24, 2.45) is 9.98 Å². The normalized spacial score (nSPS) is 21.5. The molecule has 8 nitrogen and oxygen atoms in total. The van der Waals surface area contributed by atoms with Crippen LogP contribution in [0.5, 0.6) is 5.75 Å². The van der Waals surface area contributed by atoms with Crippen LogP contribution in [-0.2, 0) is 4.74 Å². The minimum atomic E-state index is -0.0460. The van der Waals surface area contributed by atoms with Crippen LogP contribution in [0.4, 0.5) is 17.1 Å². The number of aromatic nitrogens is 1. The highest BCUT2D eigenvalue weighted by Crippen LogP contribution is 2.43.